The minimum atomic E-state index is -1.08. The van der Waals surface area contributed by atoms with Crippen molar-refractivity contribution in [2.45, 2.75) is 19.4 Å². The van der Waals surface area contributed by atoms with E-state index >= 15 is 0 Å². The van der Waals surface area contributed by atoms with E-state index in [-0.39, 0.29) is 18.1 Å². The minimum Gasteiger partial charge on any atom is -0.478 e. The first-order valence-electron chi connectivity index (χ1n) is 6.81. The molecule has 0 spiro atoms. The highest BCUT2D eigenvalue weighted by molar-refractivity contribution is 5.87. The molecule has 1 atom stereocenters. The van der Waals surface area contributed by atoms with E-state index in [2.05, 4.69) is 15.3 Å². The normalized spacial score (nSPS) is 18.3. The summed E-state index contributed by atoms with van der Waals surface area (Å²) >= 11 is 0. The zero-order chi connectivity index (χ0) is 15.2. The average molecular weight is 294 g/mol. The maximum atomic E-state index is 12.1. The van der Waals surface area contributed by atoms with Crippen LogP contribution in [0.4, 0.5) is 5.95 Å². The van der Waals surface area contributed by atoms with Gasteiger partial charge in [-0.25, -0.2) is 14.8 Å². The van der Waals surface area contributed by atoms with Crippen LogP contribution in [0, 0.1) is 0 Å². The van der Waals surface area contributed by atoms with E-state index < -0.39 is 12.0 Å². The molecule has 0 radical (unpaired) electrons. The maximum Gasteiger partial charge on any atom is 0.338 e. The summed E-state index contributed by atoms with van der Waals surface area (Å²) in [6.07, 6.45) is 3.32. The molecule has 1 unspecified atom stereocenters. The van der Waals surface area contributed by atoms with Gasteiger partial charge < -0.3 is 20.1 Å². The van der Waals surface area contributed by atoms with E-state index in [4.69, 9.17) is 9.84 Å². The zero-order valence-electron chi connectivity index (χ0n) is 11.8. The van der Waals surface area contributed by atoms with E-state index in [1.807, 2.05) is 6.92 Å². The first kappa shape index (κ1) is 15.2. The third-order valence-corrected chi connectivity index (χ3v) is 3.12. The summed E-state index contributed by atoms with van der Waals surface area (Å²) in [7, 11) is 0. The van der Waals surface area contributed by atoms with Gasteiger partial charge in [-0.2, -0.15) is 0 Å². The number of ether oxygens (including phenoxy) is 1. The van der Waals surface area contributed by atoms with Gasteiger partial charge in [0.05, 0.1) is 18.8 Å². The number of amides is 1. The SMILES string of the molecule is CCCNC(=O)C1COCCN1c1ncc(C(=O)O)cn1. The summed E-state index contributed by atoms with van der Waals surface area (Å²) in [6.45, 7) is 3.79. The number of nitrogens with zero attached hydrogens (tertiary/aromatic N) is 3. The van der Waals surface area contributed by atoms with E-state index in [1.165, 1.54) is 12.4 Å². The molecule has 0 aromatic carbocycles. The van der Waals surface area contributed by atoms with Crippen molar-refractivity contribution in [2.24, 2.45) is 0 Å². The molecular formula is C13H18N4O4. The second kappa shape index (κ2) is 6.98. The molecule has 0 saturated carbocycles. The number of carbonyl (C=O) groups excluding carboxylic acids is 1. The molecule has 1 amide bonds. The monoisotopic (exact) mass is 294 g/mol. The van der Waals surface area contributed by atoms with Gasteiger partial charge in [-0.15, -0.1) is 0 Å². The largest absolute Gasteiger partial charge is 0.478 e. The Morgan fingerprint density at radius 2 is 2.19 bits per heavy atom. The second-order valence-electron chi connectivity index (χ2n) is 4.65. The van der Waals surface area contributed by atoms with Crippen LogP contribution in [0.15, 0.2) is 12.4 Å². The van der Waals surface area contributed by atoms with Gasteiger partial charge in [0.15, 0.2) is 0 Å². The molecule has 2 N–H and O–H groups in total. The molecule has 2 heterocycles. The molecule has 1 aromatic heterocycles. The summed E-state index contributed by atoms with van der Waals surface area (Å²) in [5.74, 6) is -0.886. The lowest BCUT2D eigenvalue weighted by Gasteiger charge is -2.34. The van der Waals surface area contributed by atoms with Crippen LogP contribution in [0.5, 0.6) is 0 Å². The number of aromatic nitrogens is 2. The molecule has 8 heteroatoms. The smallest absolute Gasteiger partial charge is 0.338 e. The Bertz CT molecular complexity index is 505. The fraction of sp³-hybridized carbons (Fsp3) is 0.538. The number of rotatable bonds is 5. The number of carbonyl (C=O) groups is 2. The first-order valence-corrected chi connectivity index (χ1v) is 6.81. The molecule has 114 valence electrons. The first-order chi connectivity index (χ1) is 10.1. The quantitative estimate of drug-likeness (QED) is 0.781. The van der Waals surface area contributed by atoms with E-state index in [9.17, 15) is 9.59 Å². The molecule has 0 bridgehead atoms. The highest BCUT2D eigenvalue weighted by Gasteiger charge is 2.31. The Kier molecular flexibility index (Phi) is 5.04. The Hall–Kier alpha value is -2.22. The number of anilines is 1. The highest BCUT2D eigenvalue weighted by Crippen LogP contribution is 2.15. The highest BCUT2D eigenvalue weighted by atomic mass is 16.5. The fourth-order valence-corrected chi connectivity index (χ4v) is 2.01. The van der Waals surface area contributed by atoms with Crippen LogP contribution in [0.25, 0.3) is 0 Å². The van der Waals surface area contributed by atoms with Gasteiger partial charge in [0.1, 0.15) is 6.04 Å². The van der Waals surface area contributed by atoms with Crippen LogP contribution in [-0.2, 0) is 9.53 Å². The molecule has 1 saturated heterocycles. The fourth-order valence-electron chi connectivity index (χ4n) is 2.01. The van der Waals surface area contributed by atoms with Crippen molar-refractivity contribution in [3.8, 4) is 0 Å². The Morgan fingerprint density at radius 1 is 1.48 bits per heavy atom. The number of hydrogen-bond donors (Lipinski definition) is 2. The number of carboxylic acid groups (broad SMARTS) is 1. The van der Waals surface area contributed by atoms with Crippen molar-refractivity contribution < 1.29 is 19.4 Å². The predicted octanol–water partition coefficient (Wildman–Crippen LogP) is -0.0938. The molecule has 1 aromatic rings. The predicted molar refractivity (Wildman–Crippen MR) is 74.2 cm³/mol. The molecule has 1 aliphatic rings. The standard InChI is InChI=1S/C13H18N4O4/c1-2-3-14-11(18)10-8-21-5-4-17(10)13-15-6-9(7-16-13)12(19)20/h6-7,10H,2-5,8H2,1H3,(H,14,18)(H,19,20). The molecule has 1 fully saturated rings. The summed E-state index contributed by atoms with van der Waals surface area (Å²) in [5.41, 5.74) is 0.0130. The third-order valence-electron chi connectivity index (χ3n) is 3.12. The number of hydrogen-bond acceptors (Lipinski definition) is 6. The maximum absolute atomic E-state index is 12.1. The number of morpholine rings is 1. The van der Waals surface area contributed by atoms with Gasteiger partial charge in [0, 0.05) is 25.5 Å². The Balaban J connectivity index is 2.14. The van der Waals surface area contributed by atoms with Gasteiger partial charge in [0.25, 0.3) is 0 Å². The summed E-state index contributed by atoms with van der Waals surface area (Å²) < 4.78 is 5.34. The van der Waals surface area contributed by atoms with Crippen LogP contribution >= 0.6 is 0 Å². The van der Waals surface area contributed by atoms with Crippen LogP contribution in [0.2, 0.25) is 0 Å². The Labute approximate surface area is 122 Å². The van der Waals surface area contributed by atoms with Crippen LogP contribution in [0.3, 0.4) is 0 Å². The third kappa shape index (κ3) is 3.66. The summed E-state index contributed by atoms with van der Waals surface area (Å²) in [5, 5.41) is 11.7. The topological polar surface area (TPSA) is 105 Å². The lowest BCUT2D eigenvalue weighted by molar-refractivity contribution is -0.124. The average Bonchev–Trinajstić information content (AvgIpc) is 2.52. The van der Waals surface area contributed by atoms with Crippen LogP contribution < -0.4 is 10.2 Å². The van der Waals surface area contributed by atoms with E-state index in [0.29, 0.717) is 25.6 Å². The Morgan fingerprint density at radius 3 is 2.81 bits per heavy atom. The van der Waals surface area contributed by atoms with Crippen molar-refractivity contribution in [3.05, 3.63) is 18.0 Å². The second-order valence-corrected chi connectivity index (χ2v) is 4.65. The lowest BCUT2D eigenvalue weighted by atomic mass is 10.2. The van der Waals surface area contributed by atoms with E-state index in [1.54, 1.807) is 4.90 Å². The van der Waals surface area contributed by atoms with Gasteiger partial charge in [0.2, 0.25) is 11.9 Å². The number of nitrogens with one attached hydrogen (secondary N) is 1. The number of carboxylic acids is 1. The molecule has 2 rings (SSSR count). The van der Waals surface area contributed by atoms with Crippen molar-refractivity contribution >= 4 is 17.8 Å². The summed E-state index contributed by atoms with van der Waals surface area (Å²) in [6, 6.07) is -0.499. The van der Waals surface area contributed by atoms with Gasteiger partial charge >= 0.3 is 5.97 Å². The van der Waals surface area contributed by atoms with Gasteiger partial charge in [-0.05, 0) is 6.42 Å². The van der Waals surface area contributed by atoms with Crippen molar-refractivity contribution in [2.75, 3.05) is 31.2 Å². The van der Waals surface area contributed by atoms with Crippen molar-refractivity contribution in [3.63, 3.8) is 0 Å². The minimum absolute atomic E-state index is 0.0130. The molecule has 21 heavy (non-hydrogen) atoms. The van der Waals surface area contributed by atoms with Crippen LogP contribution in [-0.4, -0.2) is 59.3 Å². The van der Waals surface area contributed by atoms with Gasteiger partial charge in [-0.1, -0.05) is 6.92 Å². The van der Waals surface area contributed by atoms with Crippen molar-refractivity contribution in [1.29, 1.82) is 0 Å². The van der Waals surface area contributed by atoms with E-state index in [0.717, 1.165) is 6.42 Å². The number of aromatic carboxylic acids is 1. The van der Waals surface area contributed by atoms with Crippen LogP contribution in [0.1, 0.15) is 23.7 Å². The molecule has 8 nitrogen and oxygen atoms in total. The zero-order valence-corrected chi connectivity index (χ0v) is 11.8. The van der Waals surface area contributed by atoms with Gasteiger partial charge in [-0.3, -0.25) is 4.79 Å². The lowest BCUT2D eigenvalue weighted by Crippen LogP contribution is -2.54. The molecule has 0 aliphatic carbocycles. The van der Waals surface area contributed by atoms with Crippen molar-refractivity contribution in [1.82, 2.24) is 15.3 Å². The molecule has 1 aliphatic heterocycles. The molecular weight excluding hydrogens is 276 g/mol. The summed E-state index contributed by atoms with van der Waals surface area (Å²) in [4.78, 5) is 32.7.